The summed E-state index contributed by atoms with van der Waals surface area (Å²) < 4.78 is 11.7. The number of aryl methyl sites for hydroxylation is 1. The Morgan fingerprint density at radius 1 is 1.30 bits per heavy atom. The molecule has 7 heteroatoms. The third-order valence-corrected chi connectivity index (χ3v) is 6.97. The van der Waals surface area contributed by atoms with Crippen molar-refractivity contribution in [2.75, 3.05) is 20.3 Å². The molecule has 0 saturated carbocycles. The van der Waals surface area contributed by atoms with Gasteiger partial charge >= 0.3 is 5.97 Å². The van der Waals surface area contributed by atoms with E-state index in [-0.39, 0.29) is 11.5 Å². The molecule has 0 aliphatic carbocycles. The van der Waals surface area contributed by atoms with Crippen LogP contribution in [0, 0.1) is 6.92 Å². The first-order valence-electron chi connectivity index (χ1n) is 11.4. The Morgan fingerprint density at radius 3 is 2.94 bits per heavy atom. The number of carboxylic acid groups (broad SMARTS) is 1. The molecule has 1 aromatic heterocycles. The lowest BCUT2D eigenvalue weighted by Gasteiger charge is -2.37. The van der Waals surface area contributed by atoms with Crippen molar-refractivity contribution in [3.8, 4) is 11.5 Å². The summed E-state index contributed by atoms with van der Waals surface area (Å²) in [6, 6.07) is 7.24. The normalized spacial score (nSPS) is 18.2. The molecule has 1 saturated heterocycles. The van der Waals surface area contributed by atoms with Crippen LogP contribution in [0.1, 0.15) is 57.9 Å². The number of methoxy groups -OCH3 is 1. The zero-order valence-electron chi connectivity index (χ0n) is 18.9. The summed E-state index contributed by atoms with van der Waals surface area (Å²) >= 11 is 0. The fraction of sp³-hybridized carbons (Fsp3) is 0.385. The van der Waals surface area contributed by atoms with Crippen molar-refractivity contribution in [2.24, 2.45) is 0 Å². The average molecular weight is 449 g/mol. The summed E-state index contributed by atoms with van der Waals surface area (Å²) in [5, 5.41) is 10.3. The number of likely N-dealkylation sites (tertiary alicyclic amines) is 1. The van der Waals surface area contributed by atoms with Crippen LogP contribution < -0.4 is 14.9 Å². The number of rotatable bonds is 5. The summed E-state index contributed by atoms with van der Waals surface area (Å²) in [6.45, 7) is 3.92. The topological polar surface area (TPSA) is 91.9 Å². The van der Waals surface area contributed by atoms with Crippen molar-refractivity contribution in [2.45, 2.75) is 45.2 Å². The number of aromatic amines is 1. The Balaban J connectivity index is 1.60. The van der Waals surface area contributed by atoms with Crippen molar-refractivity contribution in [1.29, 1.82) is 0 Å². The van der Waals surface area contributed by atoms with Gasteiger partial charge in [0.05, 0.1) is 30.2 Å². The van der Waals surface area contributed by atoms with Crippen LogP contribution in [-0.2, 0) is 13.0 Å². The molecule has 1 unspecified atom stereocenters. The highest BCUT2D eigenvalue weighted by molar-refractivity contribution is 5.91. The SMILES string of the molecule is COc1cc(C)c2[nH]ccc(=O)c2c1CN1CCCCC1c1ccc(C(=O)O)c2c1OCC2. The molecule has 2 aliphatic rings. The molecule has 0 bridgehead atoms. The zero-order chi connectivity index (χ0) is 23.1. The van der Waals surface area contributed by atoms with E-state index < -0.39 is 5.97 Å². The third kappa shape index (κ3) is 3.66. The van der Waals surface area contributed by atoms with E-state index in [9.17, 15) is 14.7 Å². The van der Waals surface area contributed by atoms with Crippen LogP contribution in [-0.4, -0.2) is 41.2 Å². The van der Waals surface area contributed by atoms with Gasteiger partial charge in [-0.05, 0) is 44.0 Å². The Bertz CT molecular complexity index is 1300. The van der Waals surface area contributed by atoms with E-state index in [0.29, 0.717) is 36.3 Å². The first kappa shape index (κ1) is 21.5. The summed E-state index contributed by atoms with van der Waals surface area (Å²) in [4.78, 5) is 30.2. The van der Waals surface area contributed by atoms with Crippen LogP contribution in [0.4, 0.5) is 0 Å². The molecule has 3 heterocycles. The number of fused-ring (bicyclic) bond motifs is 2. The van der Waals surface area contributed by atoms with Gasteiger partial charge in [0.1, 0.15) is 11.5 Å². The van der Waals surface area contributed by atoms with Crippen molar-refractivity contribution in [1.82, 2.24) is 9.88 Å². The summed E-state index contributed by atoms with van der Waals surface area (Å²) in [7, 11) is 1.64. The molecule has 2 aliphatic heterocycles. The van der Waals surface area contributed by atoms with Gasteiger partial charge in [0.2, 0.25) is 0 Å². The molecule has 1 atom stereocenters. The van der Waals surface area contributed by atoms with Gasteiger partial charge in [-0.15, -0.1) is 0 Å². The number of nitrogens with zero attached hydrogens (tertiary/aromatic N) is 1. The third-order valence-electron chi connectivity index (χ3n) is 6.97. The Morgan fingerprint density at radius 2 is 2.15 bits per heavy atom. The number of carbonyl (C=O) groups is 1. The van der Waals surface area contributed by atoms with E-state index in [1.807, 2.05) is 19.1 Å². The molecule has 172 valence electrons. The van der Waals surface area contributed by atoms with Crippen molar-refractivity contribution < 1.29 is 19.4 Å². The minimum absolute atomic E-state index is 0.0238. The predicted molar refractivity (Wildman–Crippen MR) is 125 cm³/mol. The second kappa shape index (κ2) is 8.56. The average Bonchev–Trinajstić information content (AvgIpc) is 3.30. The summed E-state index contributed by atoms with van der Waals surface area (Å²) in [6.07, 6.45) is 5.40. The van der Waals surface area contributed by atoms with Gasteiger partial charge in [0.15, 0.2) is 5.43 Å². The number of benzene rings is 2. The summed E-state index contributed by atoms with van der Waals surface area (Å²) in [5.74, 6) is 0.521. The van der Waals surface area contributed by atoms with E-state index in [0.717, 1.165) is 59.3 Å². The fourth-order valence-corrected chi connectivity index (χ4v) is 5.43. The number of H-pyrrole nitrogens is 1. The first-order chi connectivity index (χ1) is 16.0. The van der Waals surface area contributed by atoms with Gasteiger partial charge in [-0.1, -0.05) is 12.5 Å². The molecular weight excluding hydrogens is 420 g/mol. The van der Waals surface area contributed by atoms with Gasteiger partial charge in [-0.25, -0.2) is 4.79 Å². The number of aromatic carboxylic acids is 1. The van der Waals surface area contributed by atoms with Crippen LogP contribution in [0.2, 0.25) is 0 Å². The first-order valence-corrected chi connectivity index (χ1v) is 11.4. The van der Waals surface area contributed by atoms with Crippen LogP contribution in [0.15, 0.2) is 35.3 Å². The molecule has 0 amide bonds. The van der Waals surface area contributed by atoms with E-state index in [1.54, 1.807) is 25.4 Å². The quantitative estimate of drug-likeness (QED) is 0.608. The lowest BCUT2D eigenvalue weighted by atomic mass is 9.90. The molecule has 0 spiro atoms. The lowest BCUT2D eigenvalue weighted by molar-refractivity contribution is 0.0695. The number of hydrogen-bond acceptors (Lipinski definition) is 5. The maximum absolute atomic E-state index is 12.9. The number of hydrogen-bond donors (Lipinski definition) is 2. The highest BCUT2D eigenvalue weighted by Gasteiger charge is 2.32. The van der Waals surface area contributed by atoms with Gasteiger partial charge in [0.25, 0.3) is 0 Å². The molecule has 0 radical (unpaired) electrons. The monoisotopic (exact) mass is 448 g/mol. The Hall–Kier alpha value is -3.32. The molecule has 3 aromatic rings. The van der Waals surface area contributed by atoms with Crippen molar-refractivity contribution in [3.05, 3.63) is 68.5 Å². The summed E-state index contributed by atoms with van der Waals surface area (Å²) in [5.41, 5.74) is 4.81. The largest absolute Gasteiger partial charge is 0.496 e. The number of nitrogens with one attached hydrogen (secondary N) is 1. The molecule has 33 heavy (non-hydrogen) atoms. The standard InChI is InChI=1S/C26H28N2O5/c1-15-13-22(32-2)19(23-21(29)8-10-27-24(15)23)14-28-11-4-3-5-20(28)18-7-6-17(26(30)31)16-9-12-33-25(16)18/h6-8,10,13,20H,3-5,9,11-12,14H2,1-2H3,(H,27,29)(H,30,31). The van der Waals surface area contributed by atoms with Crippen LogP contribution in [0.3, 0.4) is 0 Å². The van der Waals surface area contributed by atoms with Gasteiger partial charge in [-0.3, -0.25) is 9.69 Å². The van der Waals surface area contributed by atoms with Gasteiger partial charge < -0.3 is 19.6 Å². The number of aromatic nitrogens is 1. The van der Waals surface area contributed by atoms with E-state index in [2.05, 4.69) is 9.88 Å². The molecule has 2 N–H and O–H groups in total. The fourth-order valence-electron chi connectivity index (χ4n) is 5.43. The number of ether oxygens (including phenoxy) is 2. The van der Waals surface area contributed by atoms with Gasteiger partial charge in [-0.2, -0.15) is 0 Å². The molecule has 2 aromatic carbocycles. The molecule has 7 nitrogen and oxygen atoms in total. The number of carboxylic acids is 1. The maximum Gasteiger partial charge on any atom is 0.336 e. The zero-order valence-corrected chi connectivity index (χ0v) is 18.9. The minimum Gasteiger partial charge on any atom is -0.496 e. The van der Waals surface area contributed by atoms with E-state index in [4.69, 9.17) is 9.47 Å². The number of piperidine rings is 1. The maximum atomic E-state index is 12.9. The van der Waals surface area contributed by atoms with Crippen LogP contribution in [0.25, 0.3) is 10.9 Å². The van der Waals surface area contributed by atoms with E-state index >= 15 is 0 Å². The molecule has 5 rings (SSSR count). The molecule has 1 fully saturated rings. The van der Waals surface area contributed by atoms with Gasteiger partial charge in [0, 0.05) is 48.0 Å². The highest BCUT2D eigenvalue weighted by Crippen LogP contribution is 2.43. The second-order valence-electron chi connectivity index (χ2n) is 8.86. The smallest absolute Gasteiger partial charge is 0.336 e. The minimum atomic E-state index is -0.918. The van der Waals surface area contributed by atoms with Crippen molar-refractivity contribution >= 4 is 16.9 Å². The second-order valence-corrected chi connectivity index (χ2v) is 8.86. The van der Waals surface area contributed by atoms with Crippen LogP contribution in [0.5, 0.6) is 11.5 Å². The predicted octanol–water partition coefficient (Wildman–Crippen LogP) is 4.21. The lowest BCUT2D eigenvalue weighted by Crippen LogP contribution is -2.33. The highest BCUT2D eigenvalue weighted by atomic mass is 16.5. The molecular formula is C26H28N2O5. The Labute approximate surface area is 191 Å². The van der Waals surface area contributed by atoms with E-state index in [1.165, 1.54) is 0 Å². The van der Waals surface area contributed by atoms with Crippen molar-refractivity contribution in [3.63, 3.8) is 0 Å². The van der Waals surface area contributed by atoms with Crippen LogP contribution >= 0.6 is 0 Å². The number of pyridine rings is 1. The Kier molecular flexibility index (Phi) is 5.58.